The van der Waals surface area contributed by atoms with Crippen LogP contribution in [0.5, 0.6) is 0 Å². The van der Waals surface area contributed by atoms with Gasteiger partial charge in [0.1, 0.15) is 11.5 Å². The number of piperazine rings is 1. The number of aromatic nitrogens is 3. The summed E-state index contributed by atoms with van der Waals surface area (Å²) in [6, 6.07) is 11.8. The van der Waals surface area contributed by atoms with Gasteiger partial charge in [-0.3, -0.25) is 9.78 Å². The van der Waals surface area contributed by atoms with Gasteiger partial charge in [-0.15, -0.1) is 0 Å². The highest BCUT2D eigenvalue weighted by molar-refractivity contribution is 5.94. The minimum atomic E-state index is -4.53. The molecule has 0 radical (unpaired) electrons. The second-order valence-corrected chi connectivity index (χ2v) is 7.89. The molecule has 172 valence electrons. The lowest BCUT2D eigenvalue weighted by Crippen LogP contribution is -2.49. The van der Waals surface area contributed by atoms with Crippen molar-refractivity contribution in [3.63, 3.8) is 0 Å². The zero-order chi connectivity index (χ0) is 23.6. The van der Waals surface area contributed by atoms with E-state index in [2.05, 4.69) is 20.3 Å². The molecular formula is C23H23F3N6O. The van der Waals surface area contributed by atoms with E-state index in [0.717, 1.165) is 29.7 Å². The van der Waals surface area contributed by atoms with Gasteiger partial charge >= 0.3 is 6.18 Å². The molecule has 1 N–H and O–H groups in total. The number of nitrogens with one attached hydrogen (secondary N) is 1. The highest BCUT2D eigenvalue weighted by Crippen LogP contribution is 2.27. The van der Waals surface area contributed by atoms with Crippen LogP contribution in [0.3, 0.4) is 0 Å². The molecule has 0 saturated carbocycles. The van der Waals surface area contributed by atoms with Gasteiger partial charge in [0.05, 0.1) is 5.56 Å². The number of anilines is 3. The Kier molecular flexibility index (Phi) is 6.17. The van der Waals surface area contributed by atoms with E-state index in [1.165, 1.54) is 5.56 Å². The maximum atomic E-state index is 12.7. The van der Waals surface area contributed by atoms with Crippen molar-refractivity contribution in [2.24, 2.45) is 0 Å². The van der Waals surface area contributed by atoms with Gasteiger partial charge in [0.15, 0.2) is 0 Å². The third-order valence-corrected chi connectivity index (χ3v) is 5.32. The second-order valence-electron chi connectivity index (χ2n) is 7.89. The standard InChI is InChI=1S/C23H23F3N6O/c1-15-3-6-18(7-4-15)29-20-13-16(2)28-22(30-20)32-11-9-31(10-12-32)21(33)17-5-8-19(27-14-17)23(24,25)26/h3-8,13-14H,9-12H2,1-2H3,(H,28,29,30). The molecule has 0 unspecified atom stereocenters. The predicted octanol–water partition coefficient (Wildman–Crippen LogP) is 4.21. The first-order valence-electron chi connectivity index (χ1n) is 10.5. The molecule has 1 aromatic carbocycles. The van der Waals surface area contributed by atoms with Crippen LogP contribution < -0.4 is 10.2 Å². The van der Waals surface area contributed by atoms with Gasteiger partial charge in [0, 0.05) is 49.8 Å². The van der Waals surface area contributed by atoms with E-state index >= 15 is 0 Å². The van der Waals surface area contributed by atoms with E-state index in [1.807, 2.05) is 49.1 Å². The molecule has 1 aliphatic rings. The third-order valence-electron chi connectivity index (χ3n) is 5.32. The fourth-order valence-corrected chi connectivity index (χ4v) is 3.52. The minimum Gasteiger partial charge on any atom is -0.340 e. The van der Waals surface area contributed by atoms with Crippen molar-refractivity contribution in [3.8, 4) is 0 Å². The number of carbonyl (C=O) groups excluding carboxylic acids is 1. The summed E-state index contributed by atoms with van der Waals surface area (Å²) in [7, 11) is 0. The zero-order valence-corrected chi connectivity index (χ0v) is 18.2. The number of alkyl halides is 3. The van der Waals surface area contributed by atoms with Gasteiger partial charge in [-0.25, -0.2) is 4.98 Å². The molecule has 3 heterocycles. The fourth-order valence-electron chi connectivity index (χ4n) is 3.52. The van der Waals surface area contributed by atoms with Crippen LogP contribution in [0.4, 0.5) is 30.6 Å². The van der Waals surface area contributed by atoms with Gasteiger partial charge < -0.3 is 15.1 Å². The number of amides is 1. The van der Waals surface area contributed by atoms with E-state index < -0.39 is 11.9 Å². The van der Waals surface area contributed by atoms with E-state index in [1.54, 1.807) is 4.90 Å². The molecule has 0 aliphatic carbocycles. The summed E-state index contributed by atoms with van der Waals surface area (Å²) in [6.07, 6.45) is -3.56. The monoisotopic (exact) mass is 456 g/mol. The van der Waals surface area contributed by atoms with Crippen molar-refractivity contribution in [1.82, 2.24) is 19.9 Å². The van der Waals surface area contributed by atoms with Crippen LogP contribution in [0, 0.1) is 13.8 Å². The Labute approximate surface area is 189 Å². The number of benzene rings is 1. The molecule has 3 aromatic rings. The Bertz CT molecular complexity index is 1120. The Morgan fingerprint density at radius 3 is 2.27 bits per heavy atom. The van der Waals surface area contributed by atoms with E-state index in [0.29, 0.717) is 37.9 Å². The molecule has 10 heteroatoms. The molecule has 4 rings (SSSR count). The number of halogens is 3. The van der Waals surface area contributed by atoms with Crippen LogP contribution in [-0.2, 0) is 6.18 Å². The smallest absolute Gasteiger partial charge is 0.340 e. The summed E-state index contributed by atoms with van der Waals surface area (Å²) in [5, 5.41) is 3.29. The number of rotatable bonds is 4. The summed E-state index contributed by atoms with van der Waals surface area (Å²) in [5.74, 6) is 0.895. The lowest BCUT2D eigenvalue weighted by Gasteiger charge is -2.35. The van der Waals surface area contributed by atoms with E-state index in [9.17, 15) is 18.0 Å². The topological polar surface area (TPSA) is 74.2 Å². The molecule has 0 bridgehead atoms. The van der Waals surface area contributed by atoms with Gasteiger partial charge in [0.25, 0.3) is 5.91 Å². The predicted molar refractivity (Wildman–Crippen MR) is 119 cm³/mol. The Hall–Kier alpha value is -3.69. The van der Waals surface area contributed by atoms with Gasteiger partial charge in [-0.1, -0.05) is 17.7 Å². The van der Waals surface area contributed by atoms with Crippen molar-refractivity contribution in [2.75, 3.05) is 36.4 Å². The second kappa shape index (κ2) is 9.05. The third kappa shape index (κ3) is 5.39. The number of pyridine rings is 1. The van der Waals surface area contributed by atoms with Crippen LogP contribution in [0.15, 0.2) is 48.7 Å². The first-order valence-corrected chi connectivity index (χ1v) is 10.5. The van der Waals surface area contributed by atoms with Crippen molar-refractivity contribution in [2.45, 2.75) is 20.0 Å². The first kappa shape index (κ1) is 22.5. The molecule has 7 nitrogen and oxygen atoms in total. The van der Waals surface area contributed by atoms with Crippen molar-refractivity contribution in [1.29, 1.82) is 0 Å². The Balaban J connectivity index is 1.40. The summed E-state index contributed by atoms with van der Waals surface area (Å²) in [6.45, 7) is 5.73. The maximum absolute atomic E-state index is 12.7. The lowest BCUT2D eigenvalue weighted by atomic mass is 10.2. The molecule has 2 aromatic heterocycles. The average Bonchev–Trinajstić information content (AvgIpc) is 2.79. The maximum Gasteiger partial charge on any atom is 0.433 e. The number of aryl methyl sites for hydroxylation is 2. The average molecular weight is 456 g/mol. The number of hydrogen-bond donors (Lipinski definition) is 1. The van der Waals surface area contributed by atoms with Gasteiger partial charge in [-0.05, 0) is 38.1 Å². The molecule has 1 aliphatic heterocycles. The lowest BCUT2D eigenvalue weighted by molar-refractivity contribution is -0.141. The van der Waals surface area contributed by atoms with Crippen LogP contribution in [-0.4, -0.2) is 51.9 Å². The van der Waals surface area contributed by atoms with Gasteiger partial charge in [0.2, 0.25) is 5.95 Å². The quantitative estimate of drug-likeness (QED) is 0.634. The van der Waals surface area contributed by atoms with E-state index in [4.69, 9.17) is 0 Å². The van der Waals surface area contributed by atoms with Gasteiger partial charge in [-0.2, -0.15) is 18.2 Å². The first-order chi connectivity index (χ1) is 15.7. The highest BCUT2D eigenvalue weighted by Gasteiger charge is 2.32. The van der Waals surface area contributed by atoms with Crippen LogP contribution in [0.25, 0.3) is 0 Å². The Morgan fingerprint density at radius 1 is 0.970 bits per heavy atom. The minimum absolute atomic E-state index is 0.132. The number of nitrogens with zero attached hydrogens (tertiary/aromatic N) is 5. The Morgan fingerprint density at radius 2 is 1.67 bits per heavy atom. The van der Waals surface area contributed by atoms with Crippen molar-refractivity contribution < 1.29 is 18.0 Å². The van der Waals surface area contributed by atoms with Crippen LogP contribution >= 0.6 is 0 Å². The van der Waals surface area contributed by atoms with Crippen LogP contribution in [0.2, 0.25) is 0 Å². The normalized spacial score (nSPS) is 14.3. The molecule has 1 fully saturated rings. The fraction of sp³-hybridized carbons (Fsp3) is 0.304. The summed E-state index contributed by atoms with van der Waals surface area (Å²) < 4.78 is 38.1. The summed E-state index contributed by atoms with van der Waals surface area (Å²) in [5.41, 5.74) is 2.01. The highest BCUT2D eigenvalue weighted by atomic mass is 19.4. The molecule has 0 atom stereocenters. The molecular weight excluding hydrogens is 433 g/mol. The SMILES string of the molecule is Cc1ccc(Nc2cc(C)nc(N3CCN(C(=O)c4ccc(C(F)(F)F)nc4)CC3)n2)cc1. The largest absolute Gasteiger partial charge is 0.433 e. The zero-order valence-electron chi connectivity index (χ0n) is 18.2. The van der Waals surface area contributed by atoms with Crippen molar-refractivity contribution in [3.05, 3.63) is 71.2 Å². The van der Waals surface area contributed by atoms with E-state index in [-0.39, 0.29) is 11.5 Å². The summed E-state index contributed by atoms with van der Waals surface area (Å²) in [4.78, 5) is 28.8. The van der Waals surface area contributed by atoms with Crippen LogP contribution in [0.1, 0.15) is 27.3 Å². The van der Waals surface area contributed by atoms with Crippen molar-refractivity contribution >= 4 is 23.4 Å². The number of hydrogen-bond acceptors (Lipinski definition) is 6. The molecule has 0 spiro atoms. The molecule has 33 heavy (non-hydrogen) atoms. The molecule has 1 saturated heterocycles. The summed E-state index contributed by atoms with van der Waals surface area (Å²) >= 11 is 0. The molecule has 1 amide bonds. The number of carbonyl (C=O) groups is 1.